The minimum Gasteiger partial charge on any atom is -0.449 e. The minimum atomic E-state index is -0.586. The van der Waals surface area contributed by atoms with Crippen molar-refractivity contribution >= 4 is 12.3 Å². The highest BCUT2D eigenvalue weighted by Gasteiger charge is 2.61. The van der Waals surface area contributed by atoms with Crippen molar-refractivity contribution in [3.63, 3.8) is 0 Å². The number of nitroso groups, excluding NO2 is 1. The highest BCUT2D eigenvalue weighted by molar-refractivity contribution is 5.90. The van der Waals surface area contributed by atoms with Crippen LogP contribution in [0.15, 0.2) is 40.2 Å². The predicted octanol–water partition coefficient (Wildman–Crippen LogP) is 2.41. The van der Waals surface area contributed by atoms with Gasteiger partial charge in [0.1, 0.15) is 6.29 Å². The second-order valence-electron chi connectivity index (χ2n) is 7.14. The monoisotopic (exact) mass is 352 g/mol. The molecule has 3 heterocycles. The van der Waals surface area contributed by atoms with E-state index in [0.717, 1.165) is 49.7 Å². The second-order valence-corrected chi connectivity index (χ2v) is 7.14. The van der Waals surface area contributed by atoms with E-state index in [4.69, 9.17) is 4.74 Å². The molecule has 134 valence electrons. The van der Waals surface area contributed by atoms with Crippen LogP contribution in [0.4, 0.5) is 0 Å². The second kappa shape index (κ2) is 6.65. The van der Waals surface area contributed by atoms with Gasteiger partial charge in [0.25, 0.3) is 0 Å². The van der Waals surface area contributed by atoms with Crippen LogP contribution in [-0.2, 0) is 14.3 Å². The van der Waals surface area contributed by atoms with E-state index < -0.39 is 5.60 Å². The number of nitrogens with zero attached hydrogens (tertiary/aromatic N) is 2. The average Bonchev–Trinajstić information content (AvgIpc) is 3.13. The van der Waals surface area contributed by atoms with Gasteiger partial charge in [-0.2, -0.15) is 0 Å². The van der Waals surface area contributed by atoms with Crippen LogP contribution >= 0.6 is 0 Å². The van der Waals surface area contributed by atoms with Gasteiger partial charge < -0.3 is 9.53 Å². The molecule has 2 saturated heterocycles. The van der Waals surface area contributed by atoms with Crippen molar-refractivity contribution in [3.8, 4) is 11.8 Å². The average molecular weight is 352 g/mol. The maximum Gasteiger partial charge on any atom is 0.332 e. The molecule has 3 atom stereocenters. The number of fused-ring (bicyclic) bond motifs is 3. The van der Waals surface area contributed by atoms with E-state index in [1.54, 1.807) is 12.2 Å². The minimum absolute atomic E-state index is 0.114. The topological polar surface area (TPSA) is 76.0 Å². The summed E-state index contributed by atoms with van der Waals surface area (Å²) in [5, 5.41) is 2.94. The third-order valence-electron chi connectivity index (χ3n) is 5.72. The van der Waals surface area contributed by atoms with Gasteiger partial charge in [-0.15, -0.1) is 4.91 Å². The van der Waals surface area contributed by atoms with E-state index in [1.165, 1.54) is 0 Å². The third kappa shape index (κ3) is 2.63. The fourth-order valence-electron chi connectivity index (χ4n) is 4.70. The summed E-state index contributed by atoms with van der Waals surface area (Å²) in [6, 6.07) is 0.417. The largest absolute Gasteiger partial charge is 0.449 e. The zero-order valence-electron chi connectivity index (χ0n) is 14.4. The fraction of sp³-hybridized carbons (Fsp3) is 0.500. The molecule has 0 aromatic heterocycles. The van der Waals surface area contributed by atoms with Crippen molar-refractivity contribution in [2.75, 3.05) is 6.54 Å². The standard InChI is InChI=1S/C20H20N2O4/c23-10-4-2-5-15(21-25)8-7-14-11-16-13-20(17(14)12-19(24)26-20)18-6-1-3-9-22(16)18/h5,10-12,16,18H,1-4,6,9,13H2/b15-5-. The SMILES string of the molecule is O=CCC/C=C(/C#CC1=CC2CC3(OC(=O)C=C13)C1CCCCN21)N=O. The Morgan fingerprint density at radius 3 is 3.12 bits per heavy atom. The normalized spacial score (nSPS) is 32.5. The highest BCUT2D eigenvalue weighted by Crippen LogP contribution is 2.53. The van der Waals surface area contributed by atoms with Crippen LogP contribution in [0.2, 0.25) is 0 Å². The lowest BCUT2D eigenvalue weighted by molar-refractivity contribution is -0.148. The number of carbonyl (C=O) groups is 2. The first-order valence-electron chi connectivity index (χ1n) is 9.10. The lowest BCUT2D eigenvalue weighted by Gasteiger charge is -2.38. The number of ether oxygens (including phenoxy) is 1. The Kier molecular flexibility index (Phi) is 4.33. The molecule has 0 radical (unpaired) electrons. The smallest absolute Gasteiger partial charge is 0.332 e. The van der Waals surface area contributed by atoms with E-state index in [2.05, 4.69) is 28.0 Å². The molecule has 2 bridgehead atoms. The first-order valence-corrected chi connectivity index (χ1v) is 9.10. The van der Waals surface area contributed by atoms with Crippen molar-refractivity contribution in [1.82, 2.24) is 4.90 Å². The molecule has 0 saturated carbocycles. The number of aldehydes is 1. The number of piperidine rings is 1. The summed E-state index contributed by atoms with van der Waals surface area (Å²) in [6.07, 6.45) is 10.9. The fourth-order valence-corrected chi connectivity index (χ4v) is 4.70. The molecule has 0 aromatic carbocycles. The quantitative estimate of drug-likeness (QED) is 0.255. The van der Waals surface area contributed by atoms with Crippen molar-refractivity contribution in [2.24, 2.45) is 5.18 Å². The molecule has 0 aromatic rings. The van der Waals surface area contributed by atoms with Crippen LogP contribution in [0.5, 0.6) is 0 Å². The van der Waals surface area contributed by atoms with Crippen molar-refractivity contribution in [2.45, 2.75) is 56.2 Å². The number of allylic oxidation sites excluding steroid dienone is 2. The van der Waals surface area contributed by atoms with E-state index in [9.17, 15) is 14.5 Å². The summed E-state index contributed by atoms with van der Waals surface area (Å²) in [6.45, 7) is 1.01. The van der Waals surface area contributed by atoms with Gasteiger partial charge in [0.05, 0.1) is 6.04 Å². The number of hydrogen-bond donors (Lipinski definition) is 0. The summed E-state index contributed by atoms with van der Waals surface area (Å²) < 4.78 is 5.84. The molecule has 3 aliphatic heterocycles. The van der Waals surface area contributed by atoms with Crippen LogP contribution in [0.1, 0.15) is 38.5 Å². The lowest BCUT2D eigenvalue weighted by atomic mass is 9.77. The zero-order valence-corrected chi connectivity index (χ0v) is 14.4. The zero-order chi connectivity index (χ0) is 18.1. The molecule has 6 nitrogen and oxygen atoms in total. The molecule has 0 N–H and O–H groups in total. The van der Waals surface area contributed by atoms with Crippen molar-refractivity contribution in [1.29, 1.82) is 0 Å². The van der Waals surface area contributed by atoms with Crippen LogP contribution in [-0.4, -0.2) is 41.4 Å². The van der Waals surface area contributed by atoms with Gasteiger partial charge in [-0.05, 0) is 43.0 Å². The molecule has 0 amide bonds. The molecule has 4 aliphatic rings. The predicted molar refractivity (Wildman–Crippen MR) is 94.7 cm³/mol. The highest BCUT2D eigenvalue weighted by atomic mass is 16.6. The summed E-state index contributed by atoms with van der Waals surface area (Å²) in [5.41, 5.74) is 1.13. The lowest BCUT2D eigenvalue weighted by Crippen LogP contribution is -2.48. The number of carbonyl (C=O) groups excluding carboxylic acids is 2. The van der Waals surface area contributed by atoms with Crippen LogP contribution in [0.25, 0.3) is 0 Å². The number of hydrogen-bond acceptors (Lipinski definition) is 6. The molecule has 2 fully saturated rings. The Morgan fingerprint density at radius 2 is 2.31 bits per heavy atom. The van der Waals surface area contributed by atoms with Crippen LogP contribution in [0, 0.1) is 16.7 Å². The van der Waals surface area contributed by atoms with E-state index >= 15 is 0 Å². The maximum atomic E-state index is 12.1. The summed E-state index contributed by atoms with van der Waals surface area (Å²) in [4.78, 5) is 35.9. The molecular weight excluding hydrogens is 332 g/mol. The molecule has 3 unspecified atom stereocenters. The molecular formula is C20H20N2O4. The van der Waals surface area contributed by atoms with Gasteiger partial charge >= 0.3 is 5.97 Å². The van der Waals surface area contributed by atoms with E-state index in [1.807, 2.05) is 0 Å². The van der Waals surface area contributed by atoms with E-state index in [0.29, 0.717) is 12.8 Å². The Labute approximate surface area is 151 Å². The van der Waals surface area contributed by atoms with Gasteiger partial charge in [-0.25, -0.2) is 4.79 Å². The molecule has 26 heavy (non-hydrogen) atoms. The molecule has 1 aliphatic carbocycles. The Bertz CT molecular complexity index is 813. The summed E-state index contributed by atoms with van der Waals surface area (Å²) >= 11 is 0. The van der Waals surface area contributed by atoms with Gasteiger partial charge in [0, 0.05) is 36.1 Å². The molecule has 1 spiro atoms. The molecule has 6 heteroatoms. The third-order valence-corrected chi connectivity index (χ3v) is 5.72. The van der Waals surface area contributed by atoms with Crippen molar-refractivity contribution < 1.29 is 14.3 Å². The van der Waals surface area contributed by atoms with Gasteiger partial charge in [0.15, 0.2) is 11.3 Å². The van der Waals surface area contributed by atoms with Crippen LogP contribution in [0.3, 0.4) is 0 Å². The van der Waals surface area contributed by atoms with Gasteiger partial charge in [0.2, 0.25) is 0 Å². The number of esters is 1. The summed E-state index contributed by atoms with van der Waals surface area (Å²) in [7, 11) is 0. The van der Waals surface area contributed by atoms with E-state index in [-0.39, 0.29) is 23.8 Å². The Hall–Kier alpha value is -2.52. The Balaban J connectivity index is 1.68. The van der Waals surface area contributed by atoms with Crippen LogP contribution < -0.4 is 0 Å². The number of unbranched alkanes of at least 4 members (excludes halogenated alkanes) is 1. The van der Waals surface area contributed by atoms with Gasteiger partial charge in [-0.3, -0.25) is 4.90 Å². The molecule has 4 rings (SSSR count). The summed E-state index contributed by atoms with van der Waals surface area (Å²) in [5.74, 6) is 5.52. The first-order chi connectivity index (χ1) is 12.7. The number of rotatable bonds is 4. The van der Waals surface area contributed by atoms with Crippen molar-refractivity contribution in [3.05, 3.63) is 40.0 Å². The Morgan fingerprint density at radius 1 is 1.42 bits per heavy atom. The first kappa shape index (κ1) is 16.9. The maximum absolute atomic E-state index is 12.1. The van der Waals surface area contributed by atoms with Gasteiger partial charge in [-0.1, -0.05) is 18.4 Å².